The highest BCUT2D eigenvalue weighted by Crippen LogP contribution is 2.17. The molecule has 5 nitrogen and oxygen atoms in total. The van der Waals surface area contributed by atoms with Crippen molar-refractivity contribution in [1.82, 2.24) is 20.0 Å². The Morgan fingerprint density at radius 2 is 1.74 bits per heavy atom. The number of nitrogens with zero attached hydrogens (tertiary/aromatic N) is 3. The number of carbonyl (C=O) groups excluding carboxylic acids is 1. The van der Waals surface area contributed by atoms with E-state index in [4.69, 9.17) is 0 Å². The van der Waals surface area contributed by atoms with Gasteiger partial charge >= 0.3 is 6.03 Å². The smallest absolute Gasteiger partial charge is 0.317 e. The van der Waals surface area contributed by atoms with Gasteiger partial charge in [-0.3, -0.25) is 9.80 Å². The third kappa shape index (κ3) is 6.22. The fourth-order valence-corrected chi connectivity index (χ4v) is 4.05. The molecule has 27 heavy (non-hydrogen) atoms. The quantitative estimate of drug-likeness (QED) is 0.834. The predicted octanol–water partition coefficient (Wildman–Crippen LogP) is 2.68. The molecule has 2 heterocycles. The molecule has 1 atom stereocenters. The molecule has 1 unspecified atom stereocenters. The average Bonchev–Trinajstić information content (AvgIpc) is 2.72. The van der Waals surface area contributed by atoms with Crippen molar-refractivity contribution >= 4 is 6.03 Å². The molecule has 0 spiro atoms. The van der Waals surface area contributed by atoms with Crippen molar-refractivity contribution in [2.75, 3.05) is 52.4 Å². The molecule has 1 aromatic rings. The second-order valence-corrected chi connectivity index (χ2v) is 8.32. The Morgan fingerprint density at radius 1 is 1.07 bits per heavy atom. The van der Waals surface area contributed by atoms with E-state index >= 15 is 0 Å². The van der Waals surface area contributed by atoms with E-state index in [9.17, 15) is 4.79 Å². The van der Waals surface area contributed by atoms with E-state index in [1.807, 2.05) is 4.90 Å². The normalized spacial score (nSPS) is 21.2. The van der Waals surface area contributed by atoms with Crippen LogP contribution in [0.4, 0.5) is 4.79 Å². The molecule has 2 fully saturated rings. The summed E-state index contributed by atoms with van der Waals surface area (Å²) in [6, 6.07) is 11.2. The number of urea groups is 1. The van der Waals surface area contributed by atoms with E-state index in [1.54, 1.807) is 0 Å². The lowest BCUT2D eigenvalue weighted by atomic mass is 9.98. The van der Waals surface area contributed by atoms with Crippen LogP contribution >= 0.6 is 0 Å². The maximum Gasteiger partial charge on any atom is 0.317 e. The lowest BCUT2D eigenvalue weighted by Gasteiger charge is -2.37. The van der Waals surface area contributed by atoms with Crippen molar-refractivity contribution < 1.29 is 4.79 Å². The average molecular weight is 373 g/mol. The maximum atomic E-state index is 12.5. The Balaban J connectivity index is 1.32. The molecule has 2 aliphatic heterocycles. The predicted molar refractivity (Wildman–Crippen MR) is 111 cm³/mol. The highest BCUT2D eigenvalue weighted by molar-refractivity contribution is 5.74. The molecule has 0 aromatic heterocycles. The Bertz CT molecular complexity index is 563. The number of benzene rings is 1. The van der Waals surface area contributed by atoms with Crippen molar-refractivity contribution in [3.05, 3.63) is 35.9 Å². The van der Waals surface area contributed by atoms with Crippen LogP contribution in [0.2, 0.25) is 0 Å². The van der Waals surface area contributed by atoms with Crippen molar-refractivity contribution in [2.45, 2.75) is 39.2 Å². The summed E-state index contributed by atoms with van der Waals surface area (Å²) in [5.41, 5.74) is 1.39. The van der Waals surface area contributed by atoms with Gasteiger partial charge in [-0.25, -0.2) is 4.79 Å². The second kappa shape index (κ2) is 10.1. The molecule has 5 heteroatoms. The van der Waals surface area contributed by atoms with E-state index in [2.05, 4.69) is 59.3 Å². The number of piperazine rings is 1. The van der Waals surface area contributed by atoms with Gasteiger partial charge in [-0.2, -0.15) is 0 Å². The lowest BCUT2D eigenvalue weighted by Crippen LogP contribution is -2.54. The molecule has 1 N–H and O–H groups in total. The highest BCUT2D eigenvalue weighted by Gasteiger charge is 2.23. The number of hydrogen-bond donors (Lipinski definition) is 1. The Hall–Kier alpha value is -1.59. The van der Waals surface area contributed by atoms with Crippen LogP contribution in [0.3, 0.4) is 0 Å². The Labute approximate surface area is 164 Å². The van der Waals surface area contributed by atoms with Crippen LogP contribution < -0.4 is 5.32 Å². The summed E-state index contributed by atoms with van der Waals surface area (Å²) in [6.45, 7) is 12.3. The van der Waals surface area contributed by atoms with Gasteiger partial charge in [0.05, 0.1) is 0 Å². The summed E-state index contributed by atoms with van der Waals surface area (Å²) in [7, 11) is 0. The van der Waals surface area contributed by atoms with Crippen LogP contribution in [0.15, 0.2) is 30.3 Å². The number of piperidine rings is 1. The molecular formula is C22H36N4O. The minimum absolute atomic E-state index is 0.106. The van der Waals surface area contributed by atoms with Gasteiger partial charge in [0.1, 0.15) is 0 Å². The van der Waals surface area contributed by atoms with Crippen LogP contribution in [0, 0.1) is 5.92 Å². The van der Waals surface area contributed by atoms with Gasteiger partial charge in [-0.05, 0) is 50.8 Å². The molecule has 2 amide bonds. The minimum Gasteiger partial charge on any atom is -0.336 e. The number of carbonyl (C=O) groups is 1. The topological polar surface area (TPSA) is 38.8 Å². The molecule has 0 aliphatic carbocycles. The lowest BCUT2D eigenvalue weighted by molar-refractivity contribution is 0.128. The zero-order valence-electron chi connectivity index (χ0n) is 17.1. The fourth-order valence-electron chi connectivity index (χ4n) is 4.05. The number of likely N-dealkylation sites (tertiary alicyclic amines) is 1. The molecule has 2 saturated heterocycles. The van der Waals surface area contributed by atoms with Crippen molar-refractivity contribution in [2.24, 2.45) is 5.92 Å². The van der Waals surface area contributed by atoms with E-state index in [0.717, 1.165) is 64.7 Å². The SMILES string of the molecule is CC1CCN(C(C)CNC(=O)N2CCN(CCc3ccccc3)CC2)CC1. The molecule has 2 aliphatic rings. The van der Waals surface area contributed by atoms with Crippen molar-refractivity contribution in [3.8, 4) is 0 Å². The summed E-state index contributed by atoms with van der Waals surface area (Å²) in [5.74, 6) is 0.848. The van der Waals surface area contributed by atoms with Gasteiger partial charge in [-0.1, -0.05) is 37.3 Å². The van der Waals surface area contributed by atoms with Gasteiger partial charge in [0.15, 0.2) is 0 Å². The van der Waals surface area contributed by atoms with Gasteiger partial charge < -0.3 is 10.2 Å². The van der Waals surface area contributed by atoms with Gasteiger partial charge in [0.25, 0.3) is 0 Å². The number of amides is 2. The molecule has 150 valence electrons. The first kappa shape index (κ1) is 20.2. The van der Waals surface area contributed by atoms with E-state index in [0.29, 0.717) is 6.04 Å². The summed E-state index contributed by atoms with van der Waals surface area (Å²) in [4.78, 5) is 19.5. The third-order valence-electron chi connectivity index (χ3n) is 6.21. The van der Waals surface area contributed by atoms with Gasteiger partial charge in [0, 0.05) is 45.3 Å². The van der Waals surface area contributed by atoms with E-state index in [1.165, 1.54) is 18.4 Å². The molecule has 0 radical (unpaired) electrons. The first-order valence-electron chi connectivity index (χ1n) is 10.6. The molecule has 0 saturated carbocycles. The second-order valence-electron chi connectivity index (χ2n) is 8.32. The van der Waals surface area contributed by atoms with Crippen molar-refractivity contribution in [3.63, 3.8) is 0 Å². The first-order chi connectivity index (χ1) is 13.1. The zero-order valence-corrected chi connectivity index (χ0v) is 17.1. The molecule has 3 rings (SSSR count). The largest absolute Gasteiger partial charge is 0.336 e. The van der Waals surface area contributed by atoms with Crippen LogP contribution in [0.1, 0.15) is 32.3 Å². The standard InChI is InChI=1S/C22H36N4O/c1-19-8-12-25(13-9-19)20(2)18-23-22(27)26-16-14-24(15-17-26)11-10-21-6-4-3-5-7-21/h3-7,19-20H,8-18H2,1-2H3,(H,23,27). The fraction of sp³-hybridized carbons (Fsp3) is 0.682. The van der Waals surface area contributed by atoms with E-state index < -0.39 is 0 Å². The van der Waals surface area contributed by atoms with Crippen LogP contribution in [0.5, 0.6) is 0 Å². The highest BCUT2D eigenvalue weighted by atomic mass is 16.2. The molecular weight excluding hydrogens is 336 g/mol. The zero-order chi connectivity index (χ0) is 19.1. The number of hydrogen-bond acceptors (Lipinski definition) is 3. The van der Waals surface area contributed by atoms with Crippen molar-refractivity contribution in [1.29, 1.82) is 0 Å². The summed E-state index contributed by atoms with van der Waals surface area (Å²) in [5, 5.41) is 3.16. The van der Waals surface area contributed by atoms with Gasteiger partial charge in [-0.15, -0.1) is 0 Å². The van der Waals surface area contributed by atoms with Gasteiger partial charge in [0.2, 0.25) is 0 Å². The number of rotatable bonds is 6. The third-order valence-corrected chi connectivity index (χ3v) is 6.21. The maximum absolute atomic E-state index is 12.5. The summed E-state index contributed by atoms with van der Waals surface area (Å²) < 4.78 is 0. The first-order valence-corrected chi connectivity index (χ1v) is 10.6. The monoisotopic (exact) mass is 372 g/mol. The Kier molecular flexibility index (Phi) is 7.53. The number of nitrogens with one attached hydrogen (secondary N) is 1. The molecule has 0 bridgehead atoms. The van der Waals surface area contributed by atoms with Crippen LogP contribution in [-0.2, 0) is 6.42 Å². The molecule has 1 aromatic carbocycles. The van der Waals surface area contributed by atoms with E-state index in [-0.39, 0.29) is 6.03 Å². The summed E-state index contributed by atoms with van der Waals surface area (Å²) in [6.07, 6.45) is 3.64. The minimum atomic E-state index is 0.106. The van der Waals surface area contributed by atoms with Crippen LogP contribution in [-0.4, -0.2) is 79.1 Å². The van der Waals surface area contributed by atoms with Crippen LogP contribution in [0.25, 0.3) is 0 Å². The Morgan fingerprint density at radius 3 is 2.41 bits per heavy atom. The summed E-state index contributed by atoms with van der Waals surface area (Å²) >= 11 is 0.